The van der Waals surface area contributed by atoms with Gasteiger partial charge in [-0.3, -0.25) is 0 Å². The molecule has 84 valence electrons. The quantitative estimate of drug-likeness (QED) is 0.673. The van der Waals surface area contributed by atoms with Gasteiger partial charge < -0.3 is 4.98 Å². The van der Waals surface area contributed by atoms with Crippen molar-refractivity contribution in [2.75, 3.05) is 0 Å². The number of hydrogen-bond donors (Lipinski definition) is 1. The number of nitrogens with zero attached hydrogens (tertiary/aromatic N) is 1. The van der Waals surface area contributed by atoms with Gasteiger partial charge in [-0.25, -0.2) is 9.37 Å². The summed E-state index contributed by atoms with van der Waals surface area (Å²) < 4.78 is 13.0. The van der Waals surface area contributed by atoms with Gasteiger partial charge in [0, 0.05) is 5.56 Å². The summed E-state index contributed by atoms with van der Waals surface area (Å²) in [6.45, 7) is 1.88. The predicted octanol–water partition coefficient (Wildman–Crippen LogP) is 3.68. The molecular formula is C14H11FN2. The van der Waals surface area contributed by atoms with Crippen LogP contribution >= 0.6 is 0 Å². The zero-order chi connectivity index (χ0) is 11.8. The van der Waals surface area contributed by atoms with Gasteiger partial charge in [0.25, 0.3) is 0 Å². The molecule has 0 amide bonds. The van der Waals surface area contributed by atoms with E-state index in [1.54, 1.807) is 6.07 Å². The number of fused-ring (bicyclic) bond motifs is 1. The third-order valence-electron chi connectivity index (χ3n) is 2.83. The lowest BCUT2D eigenvalue weighted by Gasteiger charge is -2.01. The molecule has 1 N–H and O–H groups in total. The first-order valence-electron chi connectivity index (χ1n) is 5.45. The molecular weight excluding hydrogens is 215 g/mol. The van der Waals surface area contributed by atoms with E-state index in [1.165, 1.54) is 12.1 Å². The number of rotatable bonds is 1. The van der Waals surface area contributed by atoms with Crippen LogP contribution in [0.3, 0.4) is 0 Å². The van der Waals surface area contributed by atoms with Gasteiger partial charge in [-0.2, -0.15) is 0 Å². The monoisotopic (exact) mass is 226 g/mol. The third-order valence-corrected chi connectivity index (χ3v) is 2.83. The summed E-state index contributed by atoms with van der Waals surface area (Å²) in [5.41, 5.74) is 3.73. The van der Waals surface area contributed by atoms with Gasteiger partial charge in [0.05, 0.1) is 11.0 Å². The van der Waals surface area contributed by atoms with Crippen molar-refractivity contribution in [1.29, 1.82) is 0 Å². The number of hydrogen-bond acceptors (Lipinski definition) is 1. The highest BCUT2D eigenvalue weighted by atomic mass is 19.1. The second-order valence-electron chi connectivity index (χ2n) is 4.06. The molecule has 3 heteroatoms. The first kappa shape index (κ1) is 10.0. The summed E-state index contributed by atoms with van der Waals surface area (Å²) in [7, 11) is 0. The van der Waals surface area contributed by atoms with Crippen LogP contribution in [0.1, 0.15) is 5.56 Å². The maximum atomic E-state index is 13.0. The lowest BCUT2D eigenvalue weighted by molar-refractivity contribution is 0.627. The first-order chi connectivity index (χ1) is 8.24. The first-order valence-corrected chi connectivity index (χ1v) is 5.45. The number of halogens is 1. The van der Waals surface area contributed by atoms with E-state index in [4.69, 9.17) is 0 Å². The molecule has 1 aromatic heterocycles. The third kappa shape index (κ3) is 1.69. The van der Waals surface area contributed by atoms with Gasteiger partial charge in [-0.05, 0) is 42.8 Å². The van der Waals surface area contributed by atoms with Gasteiger partial charge in [0.15, 0.2) is 0 Å². The zero-order valence-corrected chi connectivity index (χ0v) is 9.37. The second kappa shape index (κ2) is 3.70. The lowest BCUT2D eigenvalue weighted by Crippen LogP contribution is -1.86. The summed E-state index contributed by atoms with van der Waals surface area (Å²) in [6, 6.07) is 12.6. The summed E-state index contributed by atoms with van der Waals surface area (Å²) in [6.07, 6.45) is 0. The summed E-state index contributed by atoms with van der Waals surface area (Å²) >= 11 is 0. The number of benzene rings is 2. The fourth-order valence-corrected chi connectivity index (χ4v) is 1.97. The van der Waals surface area contributed by atoms with Crippen LogP contribution in [-0.4, -0.2) is 9.97 Å². The maximum absolute atomic E-state index is 13.0. The number of aromatic amines is 1. The van der Waals surface area contributed by atoms with Crippen molar-refractivity contribution in [2.24, 2.45) is 0 Å². The number of nitrogens with one attached hydrogen (secondary N) is 1. The molecule has 0 bridgehead atoms. The average Bonchev–Trinajstić information content (AvgIpc) is 2.72. The van der Waals surface area contributed by atoms with Crippen molar-refractivity contribution >= 4 is 11.0 Å². The minimum atomic E-state index is -0.220. The molecule has 0 radical (unpaired) electrons. The minimum Gasteiger partial charge on any atom is -0.338 e. The van der Waals surface area contributed by atoms with Crippen LogP contribution < -0.4 is 0 Å². The Morgan fingerprint density at radius 3 is 2.71 bits per heavy atom. The van der Waals surface area contributed by atoms with Crippen molar-refractivity contribution < 1.29 is 4.39 Å². The summed E-state index contributed by atoms with van der Waals surface area (Å²) in [5.74, 6) is 0.561. The second-order valence-corrected chi connectivity index (χ2v) is 4.06. The van der Waals surface area contributed by atoms with Crippen LogP contribution in [0, 0.1) is 12.7 Å². The molecule has 0 fully saturated rings. The van der Waals surface area contributed by atoms with E-state index < -0.39 is 0 Å². The molecule has 0 unspecified atom stereocenters. The van der Waals surface area contributed by atoms with Crippen molar-refractivity contribution in [3.05, 3.63) is 53.8 Å². The molecule has 0 saturated heterocycles. The number of aromatic nitrogens is 2. The fourth-order valence-electron chi connectivity index (χ4n) is 1.97. The van der Waals surface area contributed by atoms with E-state index in [9.17, 15) is 4.39 Å². The molecule has 0 saturated carbocycles. The van der Waals surface area contributed by atoms with Crippen LogP contribution in [0.15, 0.2) is 42.5 Å². The van der Waals surface area contributed by atoms with E-state index in [0.717, 1.165) is 28.0 Å². The van der Waals surface area contributed by atoms with E-state index in [0.29, 0.717) is 0 Å². The highest BCUT2D eigenvalue weighted by Gasteiger charge is 2.07. The van der Waals surface area contributed by atoms with Gasteiger partial charge in [0.2, 0.25) is 0 Å². The summed E-state index contributed by atoms with van der Waals surface area (Å²) in [5, 5.41) is 0. The molecule has 17 heavy (non-hydrogen) atoms. The topological polar surface area (TPSA) is 28.7 Å². The molecule has 0 spiro atoms. The number of para-hydroxylation sites is 2. The molecule has 1 heterocycles. The Bertz CT molecular complexity index is 653. The molecule has 0 aliphatic heterocycles. The van der Waals surface area contributed by atoms with E-state index >= 15 is 0 Å². The maximum Gasteiger partial charge on any atom is 0.138 e. The lowest BCUT2D eigenvalue weighted by atomic mass is 10.1. The number of aryl methyl sites for hydroxylation is 1. The van der Waals surface area contributed by atoms with Crippen LogP contribution in [-0.2, 0) is 0 Å². The Hall–Kier alpha value is -2.16. The zero-order valence-electron chi connectivity index (χ0n) is 9.37. The van der Waals surface area contributed by atoms with E-state index in [1.807, 2.05) is 31.2 Å². The normalized spacial score (nSPS) is 10.9. The minimum absolute atomic E-state index is 0.220. The van der Waals surface area contributed by atoms with Crippen molar-refractivity contribution in [1.82, 2.24) is 9.97 Å². The van der Waals surface area contributed by atoms with E-state index in [2.05, 4.69) is 9.97 Å². The molecule has 2 nitrogen and oxygen atoms in total. The number of H-pyrrole nitrogens is 1. The standard InChI is InChI=1S/C14H11FN2/c1-9-8-10(15)6-7-11(9)14-16-12-4-2-3-5-13(12)17-14/h2-8H,1H3,(H,16,17). The highest BCUT2D eigenvalue weighted by molar-refractivity contribution is 5.79. The van der Waals surface area contributed by atoms with Gasteiger partial charge in [-0.15, -0.1) is 0 Å². The van der Waals surface area contributed by atoms with Crippen LogP contribution in [0.5, 0.6) is 0 Å². The van der Waals surface area contributed by atoms with Crippen LogP contribution in [0.4, 0.5) is 4.39 Å². The van der Waals surface area contributed by atoms with Crippen LogP contribution in [0.2, 0.25) is 0 Å². The average molecular weight is 226 g/mol. The number of imidazole rings is 1. The Kier molecular flexibility index (Phi) is 2.18. The van der Waals surface area contributed by atoms with Crippen LogP contribution in [0.25, 0.3) is 22.4 Å². The van der Waals surface area contributed by atoms with Crippen molar-refractivity contribution in [3.8, 4) is 11.4 Å². The molecule has 0 atom stereocenters. The molecule has 0 aliphatic rings. The Labute approximate surface area is 98.1 Å². The summed E-state index contributed by atoms with van der Waals surface area (Å²) in [4.78, 5) is 7.73. The van der Waals surface area contributed by atoms with Crippen molar-refractivity contribution in [3.63, 3.8) is 0 Å². The molecule has 3 aromatic rings. The largest absolute Gasteiger partial charge is 0.338 e. The smallest absolute Gasteiger partial charge is 0.138 e. The molecule has 2 aromatic carbocycles. The SMILES string of the molecule is Cc1cc(F)ccc1-c1nc2ccccc2[nH]1. The Balaban J connectivity index is 2.20. The molecule has 3 rings (SSSR count). The van der Waals surface area contributed by atoms with Gasteiger partial charge in [-0.1, -0.05) is 12.1 Å². The molecule has 0 aliphatic carbocycles. The predicted molar refractivity (Wildman–Crippen MR) is 66.2 cm³/mol. The van der Waals surface area contributed by atoms with E-state index in [-0.39, 0.29) is 5.82 Å². The fraction of sp³-hybridized carbons (Fsp3) is 0.0714. The van der Waals surface area contributed by atoms with Gasteiger partial charge in [0.1, 0.15) is 11.6 Å². The van der Waals surface area contributed by atoms with Gasteiger partial charge >= 0.3 is 0 Å². The highest BCUT2D eigenvalue weighted by Crippen LogP contribution is 2.23. The Morgan fingerprint density at radius 1 is 1.12 bits per heavy atom. The Morgan fingerprint density at radius 2 is 1.94 bits per heavy atom. The van der Waals surface area contributed by atoms with Crippen molar-refractivity contribution in [2.45, 2.75) is 6.92 Å².